The Morgan fingerprint density at radius 2 is 2.25 bits per heavy atom. The summed E-state index contributed by atoms with van der Waals surface area (Å²) in [4.78, 5) is 0. The van der Waals surface area contributed by atoms with E-state index in [1.807, 2.05) is 13.0 Å². The fourth-order valence-electron chi connectivity index (χ4n) is 0.354. The van der Waals surface area contributed by atoms with Crippen molar-refractivity contribution in [2.24, 2.45) is 0 Å². The smallest absolute Gasteiger partial charge is 0.0951 e. The highest BCUT2D eigenvalue weighted by Gasteiger charge is 1.90. The van der Waals surface area contributed by atoms with Crippen molar-refractivity contribution >= 4 is 0 Å². The number of aliphatic hydroxyl groups excluding tert-OH is 2. The van der Waals surface area contributed by atoms with Gasteiger partial charge in [0.1, 0.15) is 0 Å². The second kappa shape index (κ2) is 4.81. The Labute approximate surface area is 49.5 Å². The minimum absolute atomic E-state index is 0.184. The number of hydrogen-bond acceptors (Lipinski definition) is 2. The van der Waals surface area contributed by atoms with Gasteiger partial charge in [-0.1, -0.05) is 19.1 Å². The second-order valence-electron chi connectivity index (χ2n) is 1.59. The molecule has 0 amide bonds. The maximum Gasteiger partial charge on any atom is 0.0951 e. The predicted octanol–water partition coefficient (Wildman–Crippen LogP) is 0.306. The largest absolute Gasteiger partial charge is 0.393 e. The fraction of sp³-hybridized carbons (Fsp3) is 0.667. The van der Waals surface area contributed by atoms with Crippen molar-refractivity contribution in [2.45, 2.75) is 19.4 Å². The van der Waals surface area contributed by atoms with Gasteiger partial charge in [-0.25, -0.2) is 0 Å². The van der Waals surface area contributed by atoms with E-state index in [9.17, 15) is 0 Å². The molecule has 0 aliphatic heterocycles. The van der Waals surface area contributed by atoms with Crippen LogP contribution in [0.4, 0.5) is 0 Å². The lowest BCUT2D eigenvalue weighted by Gasteiger charge is -1.95. The molecule has 0 aliphatic carbocycles. The lowest BCUT2D eigenvalue weighted by atomic mass is 10.3. The molecule has 0 aliphatic rings. The molecule has 0 spiro atoms. The van der Waals surface area contributed by atoms with Crippen molar-refractivity contribution in [1.29, 1.82) is 0 Å². The first-order chi connectivity index (χ1) is 3.81. The molecule has 48 valence electrons. The zero-order valence-corrected chi connectivity index (χ0v) is 5.04. The van der Waals surface area contributed by atoms with E-state index in [-0.39, 0.29) is 6.61 Å². The molecule has 0 aromatic rings. The van der Waals surface area contributed by atoms with Crippen molar-refractivity contribution < 1.29 is 10.2 Å². The van der Waals surface area contributed by atoms with Crippen LogP contribution >= 0.6 is 0 Å². The summed E-state index contributed by atoms with van der Waals surface area (Å²) in [5.41, 5.74) is 0. The summed E-state index contributed by atoms with van der Waals surface area (Å²) in [6.45, 7) is 1.79. The molecule has 0 heterocycles. The van der Waals surface area contributed by atoms with Crippen molar-refractivity contribution in [3.05, 3.63) is 12.2 Å². The summed E-state index contributed by atoms with van der Waals surface area (Å²) in [6, 6.07) is 0. The van der Waals surface area contributed by atoms with Gasteiger partial charge in [0.05, 0.1) is 12.7 Å². The maximum absolute atomic E-state index is 8.65. The SMILES string of the molecule is CC/C=C/C(O)CO. The minimum atomic E-state index is -0.671. The van der Waals surface area contributed by atoms with Gasteiger partial charge in [-0.05, 0) is 6.42 Å². The minimum Gasteiger partial charge on any atom is -0.393 e. The highest BCUT2D eigenvalue weighted by atomic mass is 16.3. The van der Waals surface area contributed by atoms with Gasteiger partial charge in [0.15, 0.2) is 0 Å². The number of rotatable bonds is 3. The van der Waals surface area contributed by atoms with Crippen LogP contribution in [0.3, 0.4) is 0 Å². The molecule has 1 unspecified atom stereocenters. The lowest BCUT2D eigenvalue weighted by Crippen LogP contribution is -2.06. The Hall–Kier alpha value is -0.340. The molecule has 0 rings (SSSR count). The van der Waals surface area contributed by atoms with Crippen LogP contribution in [0, 0.1) is 0 Å². The van der Waals surface area contributed by atoms with E-state index in [0.29, 0.717) is 0 Å². The van der Waals surface area contributed by atoms with Crippen LogP contribution in [0.1, 0.15) is 13.3 Å². The Kier molecular flexibility index (Phi) is 4.61. The summed E-state index contributed by atoms with van der Waals surface area (Å²) in [5.74, 6) is 0. The standard InChI is InChI=1S/C6H12O2/c1-2-3-4-6(8)5-7/h3-4,6-8H,2,5H2,1H3/b4-3+. The molecule has 1 atom stereocenters. The molecule has 0 radical (unpaired) electrons. The van der Waals surface area contributed by atoms with Gasteiger partial charge in [0.25, 0.3) is 0 Å². The molecule has 0 saturated carbocycles. The summed E-state index contributed by atoms with van der Waals surface area (Å²) in [6.07, 6.45) is 3.63. The third kappa shape index (κ3) is 3.84. The first-order valence-corrected chi connectivity index (χ1v) is 2.76. The number of allylic oxidation sites excluding steroid dienone is 1. The van der Waals surface area contributed by atoms with Gasteiger partial charge in [-0.3, -0.25) is 0 Å². The molecule has 2 N–H and O–H groups in total. The molecule has 8 heavy (non-hydrogen) atoms. The van der Waals surface area contributed by atoms with E-state index in [0.717, 1.165) is 6.42 Å². The fourth-order valence-corrected chi connectivity index (χ4v) is 0.354. The van der Waals surface area contributed by atoms with Gasteiger partial charge < -0.3 is 10.2 Å². The van der Waals surface area contributed by atoms with Crippen LogP contribution in [0.2, 0.25) is 0 Å². The summed E-state index contributed by atoms with van der Waals surface area (Å²) < 4.78 is 0. The molecule has 0 bridgehead atoms. The first-order valence-electron chi connectivity index (χ1n) is 2.76. The monoisotopic (exact) mass is 116 g/mol. The van der Waals surface area contributed by atoms with Crippen molar-refractivity contribution in [3.8, 4) is 0 Å². The van der Waals surface area contributed by atoms with E-state index in [2.05, 4.69) is 0 Å². The van der Waals surface area contributed by atoms with Crippen LogP contribution < -0.4 is 0 Å². The quantitative estimate of drug-likeness (QED) is 0.521. The predicted molar refractivity (Wildman–Crippen MR) is 32.5 cm³/mol. The normalized spacial score (nSPS) is 14.9. The van der Waals surface area contributed by atoms with E-state index >= 15 is 0 Å². The summed E-state index contributed by atoms with van der Waals surface area (Å²) in [7, 11) is 0. The van der Waals surface area contributed by atoms with E-state index in [1.54, 1.807) is 6.08 Å². The molecule has 0 aromatic carbocycles. The molecule has 2 heteroatoms. The molecular formula is C6H12O2. The average molecular weight is 116 g/mol. The highest BCUT2D eigenvalue weighted by Crippen LogP contribution is 1.85. The summed E-state index contributed by atoms with van der Waals surface area (Å²) >= 11 is 0. The van der Waals surface area contributed by atoms with E-state index < -0.39 is 6.10 Å². The van der Waals surface area contributed by atoms with Gasteiger partial charge in [0.2, 0.25) is 0 Å². The molecule has 2 nitrogen and oxygen atoms in total. The zero-order valence-electron chi connectivity index (χ0n) is 5.04. The second-order valence-corrected chi connectivity index (χ2v) is 1.59. The van der Waals surface area contributed by atoms with E-state index in [4.69, 9.17) is 10.2 Å². The average Bonchev–Trinajstić information content (AvgIpc) is 1.83. The zero-order chi connectivity index (χ0) is 6.41. The molecule has 0 fully saturated rings. The Bertz CT molecular complexity index is 68.9. The lowest BCUT2D eigenvalue weighted by molar-refractivity contribution is 0.131. The third-order valence-corrected chi connectivity index (χ3v) is 0.781. The van der Waals surface area contributed by atoms with Gasteiger partial charge in [-0.2, -0.15) is 0 Å². The van der Waals surface area contributed by atoms with Crippen molar-refractivity contribution in [3.63, 3.8) is 0 Å². The van der Waals surface area contributed by atoms with Crippen LogP contribution in [-0.2, 0) is 0 Å². The molecule has 0 saturated heterocycles. The van der Waals surface area contributed by atoms with Crippen LogP contribution in [0.15, 0.2) is 12.2 Å². The first kappa shape index (κ1) is 7.66. The van der Waals surface area contributed by atoms with Crippen molar-refractivity contribution in [1.82, 2.24) is 0 Å². The maximum atomic E-state index is 8.65. The number of aliphatic hydroxyl groups is 2. The topological polar surface area (TPSA) is 40.5 Å². The highest BCUT2D eigenvalue weighted by molar-refractivity contribution is 4.86. The van der Waals surface area contributed by atoms with Crippen LogP contribution in [0.25, 0.3) is 0 Å². The Morgan fingerprint density at radius 1 is 1.62 bits per heavy atom. The van der Waals surface area contributed by atoms with Gasteiger partial charge in [0, 0.05) is 0 Å². The number of hydrogen-bond donors (Lipinski definition) is 2. The van der Waals surface area contributed by atoms with Crippen molar-refractivity contribution in [2.75, 3.05) is 6.61 Å². The van der Waals surface area contributed by atoms with Crippen LogP contribution in [-0.4, -0.2) is 22.9 Å². The molecule has 0 aromatic heterocycles. The molecular weight excluding hydrogens is 104 g/mol. The van der Waals surface area contributed by atoms with E-state index in [1.165, 1.54) is 0 Å². The summed E-state index contributed by atoms with van der Waals surface area (Å²) in [5, 5.41) is 16.9. The van der Waals surface area contributed by atoms with Gasteiger partial charge >= 0.3 is 0 Å². The Balaban J connectivity index is 3.21. The Morgan fingerprint density at radius 3 is 2.62 bits per heavy atom. The third-order valence-electron chi connectivity index (χ3n) is 0.781. The van der Waals surface area contributed by atoms with Crippen LogP contribution in [0.5, 0.6) is 0 Å². The van der Waals surface area contributed by atoms with Gasteiger partial charge in [-0.15, -0.1) is 0 Å².